The van der Waals surface area contributed by atoms with Crippen molar-refractivity contribution in [1.29, 1.82) is 0 Å². The fourth-order valence-corrected chi connectivity index (χ4v) is 1.96. The lowest BCUT2D eigenvalue weighted by molar-refractivity contribution is 0.751. The van der Waals surface area contributed by atoms with Crippen molar-refractivity contribution in [2.24, 2.45) is 5.73 Å². The molecule has 0 aromatic carbocycles. The van der Waals surface area contributed by atoms with Crippen molar-refractivity contribution in [3.8, 4) is 0 Å². The zero-order chi connectivity index (χ0) is 10.3. The third-order valence-electron chi connectivity index (χ3n) is 2.77. The summed E-state index contributed by atoms with van der Waals surface area (Å²) >= 11 is 0. The first-order chi connectivity index (χ1) is 7.33. The van der Waals surface area contributed by atoms with Crippen molar-refractivity contribution in [1.82, 2.24) is 15.0 Å². The maximum Gasteiger partial charge on any atom is 0.205 e. The monoisotopic (exact) mass is 203 g/mol. The van der Waals surface area contributed by atoms with Crippen LogP contribution in [0.5, 0.6) is 0 Å². The van der Waals surface area contributed by atoms with E-state index in [0.29, 0.717) is 0 Å². The summed E-state index contributed by atoms with van der Waals surface area (Å²) in [5.74, 6) is 0.886. The Balaban J connectivity index is 1.98. The molecule has 5 heteroatoms. The molecule has 0 aliphatic carbocycles. The molecule has 0 bridgehead atoms. The number of aromatic nitrogens is 3. The van der Waals surface area contributed by atoms with Crippen LogP contribution in [0, 0.1) is 0 Å². The molecule has 1 aliphatic rings. The van der Waals surface area contributed by atoms with Crippen molar-refractivity contribution in [3.63, 3.8) is 0 Å². The number of fused-ring (bicyclic) bond motifs is 1. The van der Waals surface area contributed by atoms with Gasteiger partial charge in [0.1, 0.15) is 0 Å². The Bertz CT molecular complexity index is 444. The smallest absolute Gasteiger partial charge is 0.205 e. The number of nitrogens with one attached hydrogen (secondary N) is 1. The summed E-state index contributed by atoms with van der Waals surface area (Å²) in [5, 5.41) is 0. The van der Waals surface area contributed by atoms with E-state index in [1.807, 2.05) is 12.1 Å². The van der Waals surface area contributed by atoms with Gasteiger partial charge in [-0.3, -0.25) is 0 Å². The lowest BCUT2D eigenvalue weighted by atomic mass is 10.3. The van der Waals surface area contributed by atoms with E-state index in [0.717, 1.165) is 36.6 Å². The molecular weight excluding hydrogens is 190 g/mol. The third-order valence-corrected chi connectivity index (χ3v) is 2.77. The van der Waals surface area contributed by atoms with E-state index in [9.17, 15) is 0 Å². The molecule has 3 N–H and O–H groups in total. The van der Waals surface area contributed by atoms with Crippen LogP contribution in [0.4, 0.5) is 5.95 Å². The Kier molecular flexibility index (Phi) is 1.85. The number of hydrogen-bond acceptors (Lipinski definition) is 4. The minimum absolute atomic E-state index is 0.270. The molecule has 1 atom stereocenters. The number of H-pyrrole nitrogens is 1. The van der Waals surface area contributed by atoms with Crippen molar-refractivity contribution in [2.45, 2.75) is 12.5 Å². The molecule has 2 aromatic rings. The summed E-state index contributed by atoms with van der Waals surface area (Å²) in [4.78, 5) is 14.1. The topological polar surface area (TPSA) is 70.8 Å². The van der Waals surface area contributed by atoms with Crippen LogP contribution >= 0.6 is 0 Å². The van der Waals surface area contributed by atoms with Crippen LogP contribution in [0.2, 0.25) is 0 Å². The summed E-state index contributed by atoms with van der Waals surface area (Å²) in [6, 6.07) is 4.15. The Labute approximate surface area is 87.3 Å². The Hall–Kier alpha value is -1.62. The highest BCUT2D eigenvalue weighted by molar-refractivity contribution is 5.73. The molecule has 0 spiro atoms. The molecule has 2 aromatic heterocycles. The highest BCUT2D eigenvalue weighted by Gasteiger charge is 2.21. The Morgan fingerprint density at radius 2 is 2.47 bits per heavy atom. The van der Waals surface area contributed by atoms with Gasteiger partial charge in [0, 0.05) is 25.3 Å². The molecule has 78 valence electrons. The fraction of sp³-hybridized carbons (Fsp3) is 0.400. The van der Waals surface area contributed by atoms with Gasteiger partial charge in [-0.15, -0.1) is 0 Å². The first-order valence-corrected chi connectivity index (χ1v) is 5.14. The van der Waals surface area contributed by atoms with E-state index < -0.39 is 0 Å². The van der Waals surface area contributed by atoms with Gasteiger partial charge in [0.25, 0.3) is 0 Å². The van der Waals surface area contributed by atoms with Crippen LogP contribution in [0.1, 0.15) is 6.42 Å². The van der Waals surface area contributed by atoms with Crippen LogP contribution in [-0.4, -0.2) is 34.1 Å². The van der Waals surface area contributed by atoms with Crippen LogP contribution in [-0.2, 0) is 0 Å². The minimum Gasteiger partial charge on any atom is -0.341 e. The molecule has 0 unspecified atom stereocenters. The quantitative estimate of drug-likeness (QED) is 0.707. The molecule has 3 rings (SSSR count). The van der Waals surface area contributed by atoms with Gasteiger partial charge in [-0.1, -0.05) is 0 Å². The van der Waals surface area contributed by atoms with E-state index in [2.05, 4.69) is 19.9 Å². The normalized spacial score (nSPS) is 21.4. The highest BCUT2D eigenvalue weighted by Crippen LogP contribution is 2.18. The van der Waals surface area contributed by atoms with Crippen molar-refractivity contribution >= 4 is 17.1 Å². The first-order valence-electron chi connectivity index (χ1n) is 5.14. The SMILES string of the molecule is N[C@@H]1CCN(c2nc3ncccc3[nH]2)C1. The number of rotatable bonds is 1. The number of pyridine rings is 1. The van der Waals surface area contributed by atoms with Crippen LogP contribution < -0.4 is 10.6 Å². The molecule has 1 saturated heterocycles. The predicted octanol–water partition coefficient (Wildman–Crippen LogP) is 0.495. The molecule has 5 nitrogen and oxygen atoms in total. The maximum absolute atomic E-state index is 5.86. The number of anilines is 1. The average molecular weight is 203 g/mol. The second-order valence-electron chi connectivity index (χ2n) is 3.93. The number of nitrogens with two attached hydrogens (primary N) is 1. The second kappa shape index (κ2) is 3.20. The van der Waals surface area contributed by atoms with E-state index in [1.165, 1.54) is 0 Å². The van der Waals surface area contributed by atoms with Crippen molar-refractivity contribution in [3.05, 3.63) is 18.3 Å². The minimum atomic E-state index is 0.270. The average Bonchev–Trinajstić information content (AvgIpc) is 2.82. The van der Waals surface area contributed by atoms with Crippen LogP contribution in [0.15, 0.2) is 18.3 Å². The lowest BCUT2D eigenvalue weighted by Gasteiger charge is -2.12. The highest BCUT2D eigenvalue weighted by atomic mass is 15.3. The molecule has 0 radical (unpaired) electrons. The summed E-state index contributed by atoms with van der Waals surface area (Å²) in [5.41, 5.74) is 7.61. The molecule has 3 heterocycles. The molecular formula is C10H13N5. The third kappa shape index (κ3) is 1.45. The zero-order valence-electron chi connectivity index (χ0n) is 8.35. The van der Waals surface area contributed by atoms with E-state index in [-0.39, 0.29) is 6.04 Å². The molecule has 0 amide bonds. The second-order valence-corrected chi connectivity index (χ2v) is 3.93. The van der Waals surface area contributed by atoms with Crippen molar-refractivity contribution < 1.29 is 0 Å². The summed E-state index contributed by atoms with van der Waals surface area (Å²) in [6.07, 6.45) is 2.78. The van der Waals surface area contributed by atoms with Gasteiger partial charge < -0.3 is 15.6 Å². The summed E-state index contributed by atoms with van der Waals surface area (Å²) < 4.78 is 0. The Morgan fingerprint density at radius 3 is 3.20 bits per heavy atom. The van der Waals surface area contributed by atoms with Crippen LogP contribution in [0.3, 0.4) is 0 Å². The first kappa shape index (κ1) is 8.67. The summed E-state index contributed by atoms with van der Waals surface area (Å²) in [7, 11) is 0. The van der Waals surface area contributed by atoms with Crippen LogP contribution in [0.25, 0.3) is 11.2 Å². The predicted molar refractivity (Wildman–Crippen MR) is 58.7 cm³/mol. The van der Waals surface area contributed by atoms with E-state index in [4.69, 9.17) is 5.73 Å². The largest absolute Gasteiger partial charge is 0.341 e. The van der Waals surface area contributed by atoms with Gasteiger partial charge in [-0.25, -0.2) is 4.98 Å². The number of aromatic amines is 1. The van der Waals surface area contributed by atoms with Gasteiger partial charge in [0.15, 0.2) is 5.65 Å². The maximum atomic E-state index is 5.86. The van der Waals surface area contributed by atoms with E-state index in [1.54, 1.807) is 6.20 Å². The molecule has 1 aliphatic heterocycles. The van der Waals surface area contributed by atoms with Gasteiger partial charge in [0.2, 0.25) is 5.95 Å². The molecule has 0 saturated carbocycles. The fourth-order valence-electron chi connectivity index (χ4n) is 1.96. The number of imidazole rings is 1. The van der Waals surface area contributed by atoms with Gasteiger partial charge in [0.05, 0.1) is 5.52 Å². The van der Waals surface area contributed by atoms with Crippen molar-refractivity contribution in [2.75, 3.05) is 18.0 Å². The standard InChI is InChI=1S/C10H13N5/c11-7-3-5-15(6-7)10-13-8-2-1-4-12-9(8)14-10/h1-2,4,7H,3,5-6,11H2,(H,12,13,14)/t7-/m1/s1. The molecule has 15 heavy (non-hydrogen) atoms. The lowest BCUT2D eigenvalue weighted by Crippen LogP contribution is -2.26. The number of nitrogens with zero attached hydrogens (tertiary/aromatic N) is 3. The van der Waals surface area contributed by atoms with Gasteiger partial charge >= 0.3 is 0 Å². The van der Waals surface area contributed by atoms with Gasteiger partial charge in [-0.2, -0.15) is 4.98 Å². The summed E-state index contributed by atoms with van der Waals surface area (Å²) in [6.45, 7) is 1.85. The molecule has 1 fully saturated rings. The number of hydrogen-bond donors (Lipinski definition) is 2. The zero-order valence-corrected chi connectivity index (χ0v) is 8.35. The van der Waals surface area contributed by atoms with Gasteiger partial charge in [-0.05, 0) is 18.6 Å². The van der Waals surface area contributed by atoms with E-state index >= 15 is 0 Å². The Morgan fingerprint density at radius 1 is 1.53 bits per heavy atom.